The predicted molar refractivity (Wildman–Crippen MR) is 95.1 cm³/mol. The van der Waals surface area contributed by atoms with E-state index in [1.165, 1.54) is 25.3 Å². The maximum atomic E-state index is 12.6. The highest BCUT2D eigenvalue weighted by Gasteiger charge is 2.21. The molecule has 2 aromatic carbocycles. The summed E-state index contributed by atoms with van der Waals surface area (Å²) in [5, 5.41) is 3.56. The fraction of sp³-hybridized carbons (Fsp3) is 0.400. The van der Waals surface area contributed by atoms with E-state index in [-0.39, 0.29) is 23.3 Å². The van der Waals surface area contributed by atoms with Crippen molar-refractivity contribution in [2.45, 2.75) is 38.5 Å². The number of hydrogen-bond donors (Lipinski definition) is 1. The topological polar surface area (TPSA) is 39.7 Å². The Bertz CT molecular complexity index is 727. The molecular formula is C20H23F2NO3. The van der Waals surface area contributed by atoms with E-state index in [9.17, 15) is 8.78 Å². The quantitative estimate of drug-likeness (QED) is 0.788. The van der Waals surface area contributed by atoms with Gasteiger partial charge >= 0.3 is 6.61 Å². The molecule has 1 aliphatic rings. The van der Waals surface area contributed by atoms with E-state index in [1.807, 2.05) is 0 Å². The van der Waals surface area contributed by atoms with E-state index in [0.29, 0.717) is 6.54 Å². The van der Waals surface area contributed by atoms with Crippen molar-refractivity contribution in [3.63, 3.8) is 0 Å². The molecule has 0 spiro atoms. The maximum absolute atomic E-state index is 12.6. The van der Waals surface area contributed by atoms with E-state index in [2.05, 4.69) is 34.3 Å². The minimum atomic E-state index is -2.94. The van der Waals surface area contributed by atoms with E-state index in [0.717, 1.165) is 24.8 Å². The number of halogens is 2. The van der Waals surface area contributed by atoms with Crippen LogP contribution >= 0.6 is 0 Å². The third-order valence-corrected chi connectivity index (χ3v) is 4.65. The van der Waals surface area contributed by atoms with Crippen LogP contribution in [0.3, 0.4) is 0 Å². The molecule has 4 nitrogen and oxygen atoms in total. The minimum absolute atomic E-state index is 0.0863. The molecule has 0 bridgehead atoms. The number of hydrogen-bond acceptors (Lipinski definition) is 4. The zero-order valence-electron chi connectivity index (χ0n) is 14.9. The molecule has 0 aromatic heterocycles. The molecule has 0 aliphatic heterocycles. The highest BCUT2D eigenvalue weighted by Crippen LogP contribution is 2.40. The highest BCUT2D eigenvalue weighted by atomic mass is 19.3. The van der Waals surface area contributed by atoms with Crippen LogP contribution in [0.2, 0.25) is 0 Å². The Hall–Kier alpha value is -2.34. The smallest absolute Gasteiger partial charge is 0.387 e. The van der Waals surface area contributed by atoms with Crippen LogP contribution in [0, 0.1) is 0 Å². The molecule has 140 valence electrons. The van der Waals surface area contributed by atoms with Crippen LogP contribution in [0.15, 0.2) is 36.4 Å². The first-order chi connectivity index (χ1) is 12.6. The van der Waals surface area contributed by atoms with Gasteiger partial charge in [0.05, 0.1) is 14.2 Å². The number of benzene rings is 2. The average Bonchev–Trinajstić information content (AvgIpc) is 2.66. The molecule has 2 aromatic rings. The molecular weight excluding hydrogens is 340 g/mol. The molecule has 1 aliphatic carbocycles. The standard InChI is InChI=1S/C20H23F2NO3/c1-24-17-10-13(11-18(25-2)19(17)26-20(21)22)12-23-16-9-5-7-14-6-3-4-8-15(14)16/h3-4,6,8,10-11,16,20,23H,5,7,9,12H2,1-2H3/t16-/m0/s1. The van der Waals surface area contributed by atoms with Crippen molar-refractivity contribution in [2.75, 3.05) is 14.2 Å². The van der Waals surface area contributed by atoms with Gasteiger partial charge in [-0.1, -0.05) is 24.3 Å². The minimum Gasteiger partial charge on any atom is -0.493 e. The van der Waals surface area contributed by atoms with E-state index < -0.39 is 6.61 Å². The Morgan fingerprint density at radius 2 is 1.81 bits per heavy atom. The number of aryl methyl sites for hydroxylation is 1. The van der Waals surface area contributed by atoms with Crippen LogP contribution in [-0.4, -0.2) is 20.8 Å². The predicted octanol–water partition coefficient (Wildman–Crippen LogP) is 4.47. The summed E-state index contributed by atoms with van der Waals surface area (Å²) in [7, 11) is 2.84. The SMILES string of the molecule is COc1cc(CN[C@H]2CCCc3ccccc32)cc(OC)c1OC(F)F. The summed E-state index contributed by atoms with van der Waals surface area (Å²) < 4.78 is 40.3. The Balaban J connectivity index is 1.78. The van der Waals surface area contributed by atoms with Crippen molar-refractivity contribution in [1.82, 2.24) is 5.32 Å². The summed E-state index contributed by atoms with van der Waals surface area (Å²) in [6.07, 6.45) is 3.32. The molecule has 3 rings (SSSR count). The lowest BCUT2D eigenvalue weighted by Crippen LogP contribution is -2.24. The molecule has 0 amide bonds. The lowest BCUT2D eigenvalue weighted by atomic mass is 9.87. The molecule has 6 heteroatoms. The Morgan fingerprint density at radius 1 is 1.12 bits per heavy atom. The van der Waals surface area contributed by atoms with Gasteiger partial charge in [0.1, 0.15) is 0 Å². The van der Waals surface area contributed by atoms with Crippen molar-refractivity contribution in [3.8, 4) is 17.2 Å². The van der Waals surface area contributed by atoms with Gasteiger partial charge < -0.3 is 19.5 Å². The summed E-state index contributed by atoms with van der Waals surface area (Å²) in [5.41, 5.74) is 3.59. The zero-order chi connectivity index (χ0) is 18.5. The molecule has 0 saturated carbocycles. The van der Waals surface area contributed by atoms with Gasteiger partial charge in [0.25, 0.3) is 0 Å². The van der Waals surface area contributed by atoms with Gasteiger partial charge in [-0.25, -0.2) is 0 Å². The molecule has 26 heavy (non-hydrogen) atoms. The normalized spacial score (nSPS) is 16.3. The lowest BCUT2D eigenvalue weighted by Gasteiger charge is -2.26. The largest absolute Gasteiger partial charge is 0.493 e. The Morgan fingerprint density at radius 3 is 2.46 bits per heavy atom. The van der Waals surface area contributed by atoms with E-state index >= 15 is 0 Å². The fourth-order valence-corrected chi connectivity index (χ4v) is 3.45. The van der Waals surface area contributed by atoms with E-state index in [4.69, 9.17) is 9.47 Å². The first kappa shape index (κ1) is 18.5. The summed E-state index contributed by atoms with van der Waals surface area (Å²) in [5.74, 6) is 0.368. The van der Waals surface area contributed by atoms with Crippen LogP contribution in [0.5, 0.6) is 17.2 Å². The summed E-state index contributed by atoms with van der Waals surface area (Å²) in [6.45, 7) is -2.37. The number of ether oxygens (including phenoxy) is 3. The molecule has 0 fully saturated rings. The van der Waals surface area contributed by atoms with Crippen LogP contribution in [0.1, 0.15) is 35.6 Å². The second-order valence-corrected chi connectivity index (χ2v) is 6.23. The highest BCUT2D eigenvalue weighted by molar-refractivity contribution is 5.54. The number of alkyl halides is 2. The first-order valence-electron chi connectivity index (χ1n) is 8.63. The van der Waals surface area contributed by atoms with Crippen LogP contribution in [0.25, 0.3) is 0 Å². The fourth-order valence-electron chi connectivity index (χ4n) is 3.45. The molecule has 1 N–H and O–H groups in total. The number of rotatable bonds is 7. The third kappa shape index (κ3) is 4.07. The third-order valence-electron chi connectivity index (χ3n) is 4.65. The molecule has 1 atom stereocenters. The van der Waals surface area contributed by atoms with Crippen molar-refractivity contribution >= 4 is 0 Å². The van der Waals surface area contributed by atoms with Gasteiger partial charge in [-0.3, -0.25) is 0 Å². The summed E-state index contributed by atoms with van der Waals surface area (Å²) in [6, 6.07) is 12.1. The Labute approximate surface area is 152 Å². The Kier molecular flexibility index (Phi) is 5.93. The summed E-state index contributed by atoms with van der Waals surface area (Å²) >= 11 is 0. The van der Waals surface area contributed by atoms with Crippen molar-refractivity contribution in [1.29, 1.82) is 0 Å². The molecule has 0 radical (unpaired) electrons. The number of methoxy groups -OCH3 is 2. The van der Waals surface area contributed by atoms with Gasteiger partial charge in [-0.05, 0) is 48.1 Å². The van der Waals surface area contributed by atoms with Crippen LogP contribution in [-0.2, 0) is 13.0 Å². The van der Waals surface area contributed by atoms with Gasteiger partial charge in [0, 0.05) is 12.6 Å². The van der Waals surface area contributed by atoms with Crippen molar-refractivity contribution < 1.29 is 23.0 Å². The van der Waals surface area contributed by atoms with Gasteiger partial charge in [0.2, 0.25) is 5.75 Å². The second-order valence-electron chi connectivity index (χ2n) is 6.23. The van der Waals surface area contributed by atoms with Gasteiger partial charge in [-0.15, -0.1) is 0 Å². The first-order valence-corrected chi connectivity index (χ1v) is 8.63. The van der Waals surface area contributed by atoms with E-state index in [1.54, 1.807) is 12.1 Å². The van der Waals surface area contributed by atoms with Crippen LogP contribution < -0.4 is 19.5 Å². The molecule has 0 heterocycles. The lowest BCUT2D eigenvalue weighted by molar-refractivity contribution is -0.0526. The average molecular weight is 363 g/mol. The summed E-state index contributed by atoms with van der Waals surface area (Å²) in [4.78, 5) is 0. The van der Waals surface area contributed by atoms with Gasteiger partial charge in [-0.2, -0.15) is 8.78 Å². The number of fused-ring (bicyclic) bond motifs is 1. The second kappa shape index (κ2) is 8.36. The van der Waals surface area contributed by atoms with Gasteiger partial charge in [0.15, 0.2) is 11.5 Å². The maximum Gasteiger partial charge on any atom is 0.387 e. The van der Waals surface area contributed by atoms with Crippen LogP contribution in [0.4, 0.5) is 8.78 Å². The van der Waals surface area contributed by atoms with Crippen molar-refractivity contribution in [3.05, 3.63) is 53.1 Å². The molecule has 0 unspecified atom stereocenters. The number of nitrogens with one attached hydrogen (secondary N) is 1. The zero-order valence-corrected chi connectivity index (χ0v) is 14.9. The molecule has 0 saturated heterocycles. The van der Waals surface area contributed by atoms with Crippen molar-refractivity contribution in [2.24, 2.45) is 0 Å². The monoisotopic (exact) mass is 363 g/mol.